The van der Waals surface area contributed by atoms with E-state index in [1.807, 2.05) is 0 Å². The predicted molar refractivity (Wildman–Crippen MR) is 77.3 cm³/mol. The monoisotopic (exact) mass is 304 g/mol. The van der Waals surface area contributed by atoms with Crippen LogP contribution in [0.5, 0.6) is 0 Å². The summed E-state index contributed by atoms with van der Waals surface area (Å²) in [5, 5.41) is 2.76. The molecule has 0 aliphatic heterocycles. The van der Waals surface area contributed by atoms with Crippen molar-refractivity contribution in [2.24, 2.45) is 11.1 Å². The van der Waals surface area contributed by atoms with Crippen molar-refractivity contribution in [1.82, 2.24) is 9.97 Å². The summed E-state index contributed by atoms with van der Waals surface area (Å²) in [6, 6.07) is 1.23. The van der Waals surface area contributed by atoms with Gasteiger partial charge in [-0.05, 0) is 23.4 Å². The van der Waals surface area contributed by atoms with E-state index >= 15 is 0 Å². The molecule has 0 aliphatic carbocycles. The van der Waals surface area contributed by atoms with E-state index in [-0.39, 0.29) is 40.0 Å². The van der Waals surface area contributed by atoms with Crippen LogP contribution in [0.1, 0.15) is 33.6 Å². The minimum Gasteiger partial charge on any atom is -0.327 e. The van der Waals surface area contributed by atoms with Crippen molar-refractivity contribution < 1.29 is 4.79 Å². The first kappa shape index (κ1) is 16.1. The SMILES string of the molecule is CC(C)(C)CC(N)CC(=O)Nc1cc(Cl)nc(Cl)n1. The first-order valence-corrected chi connectivity index (χ1v) is 6.67. The summed E-state index contributed by atoms with van der Waals surface area (Å²) in [5.41, 5.74) is 6.01. The number of nitrogens with two attached hydrogens (primary N) is 1. The molecule has 3 N–H and O–H groups in total. The summed E-state index contributed by atoms with van der Waals surface area (Å²) in [4.78, 5) is 19.3. The Morgan fingerprint density at radius 1 is 1.42 bits per heavy atom. The highest BCUT2D eigenvalue weighted by atomic mass is 35.5. The number of hydrogen-bond donors (Lipinski definition) is 2. The Balaban J connectivity index is 2.55. The van der Waals surface area contributed by atoms with Crippen LogP contribution in [0.3, 0.4) is 0 Å². The number of aromatic nitrogens is 2. The lowest BCUT2D eigenvalue weighted by molar-refractivity contribution is -0.116. The van der Waals surface area contributed by atoms with E-state index in [2.05, 4.69) is 36.1 Å². The lowest BCUT2D eigenvalue weighted by Crippen LogP contribution is -2.31. The summed E-state index contributed by atoms with van der Waals surface area (Å²) < 4.78 is 0. The van der Waals surface area contributed by atoms with Gasteiger partial charge in [0.25, 0.3) is 0 Å². The van der Waals surface area contributed by atoms with Crippen LogP contribution in [0.4, 0.5) is 5.82 Å². The van der Waals surface area contributed by atoms with Gasteiger partial charge in [0, 0.05) is 18.5 Å². The Bertz CT molecular complexity index is 439. The summed E-state index contributed by atoms with van der Waals surface area (Å²) >= 11 is 11.4. The van der Waals surface area contributed by atoms with Crippen molar-refractivity contribution in [3.63, 3.8) is 0 Å². The molecule has 0 aliphatic rings. The first-order valence-electron chi connectivity index (χ1n) is 5.91. The van der Waals surface area contributed by atoms with Crippen molar-refractivity contribution in [3.05, 3.63) is 16.5 Å². The number of nitrogens with zero attached hydrogens (tertiary/aromatic N) is 2. The quantitative estimate of drug-likeness (QED) is 0.662. The molecule has 7 heteroatoms. The lowest BCUT2D eigenvalue weighted by atomic mass is 9.87. The van der Waals surface area contributed by atoms with Crippen LogP contribution >= 0.6 is 23.2 Å². The molecule has 19 heavy (non-hydrogen) atoms. The third-order valence-electron chi connectivity index (χ3n) is 2.26. The molecular weight excluding hydrogens is 287 g/mol. The van der Waals surface area contributed by atoms with Crippen LogP contribution in [-0.4, -0.2) is 21.9 Å². The van der Waals surface area contributed by atoms with Gasteiger partial charge in [-0.2, -0.15) is 0 Å². The molecule has 0 aromatic carbocycles. The van der Waals surface area contributed by atoms with Crippen molar-refractivity contribution >= 4 is 34.9 Å². The molecule has 1 atom stereocenters. The van der Waals surface area contributed by atoms with Gasteiger partial charge in [-0.15, -0.1) is 0 Å². The number of halogens is 2. The van der Waals surface area contributed by atoms with E-state index in [9.17, 15) is 4.79 Å². The molecule has 1 unspecified atom stereocenters. The second kappa shape index (κ2) is 6.50. The van der Waals surface area contributed by atoms with Gasteiger partial charge in [0.2, 0.25) is 11.2 Å². The summed E-state index contributed by atoms with van der Waals surface area (Å²) in [7, 11) is 0. The van der Waals surface area contributed by atoms with Gasteiger partial charge in [-0.25, -0.2) is 9.97 Å². The van der Waals surface area contributed by atoms with Crippen molar-refractivity contribution in [2.45, 2.75) is 39.7 Å². The van der Waals surface area contributed by atoms with E-state index in [1.165, 1.54) is 6.07 Å². The number of anilines is 1. The third-order valence-corrected chi connectivity index (χ3v) is 2.62. The summed E-state index contributed by atoms with van der Waals surface area (Å²) in [6.45, 7) is 6.23. The zero-order chi connectivity index (χ0) is 14.6. The van der Waals surface area contributed by atoms with Crippen molar-refractivity contribution in [1.29, 1.82) is 0 Å². The van der Waals surface area contributed by atoms with Crippen LogP contribution in [0.25, 0.3) is 0 Å². The largest absolute Gasteiger partial charge is 0.327 e. The minimum atomic E-state index is -0.220. The van der Waals surface area contributed by atoms with Gasteiger partial charge >= 0.3 is 0 Å². The molecular formula is C12H18Cl2N4O. The first-order chi connectivity index (χ1) is 8.65. The zero-order valence-corrected chi connectivity index (χ0v) is 12.7. The maximum absolute atomic E-state index is 11.8. The number of hydrogen-bond acceptors (Lipinski definition) is 4. The van der Waals surface area contributed by atoms with Crippen LogP contribution in [-0.2, 0) is 4.79 Å². The van der Waals surface area contributed by atoms with E-state index in [0.717, 1.165) is 6.42 Å². The molecule has 0 bridgehead atoms. The van der Waals surface area contributed by atoms with Gasteiger partial charge in [-0.3, -0.25) is 4.79 Å². The average molecular weight is 305 g/mol. The topological polar surface area (TPSA) is 80.9 Å². The number of carbonyl (C=O) groups is 1. The maximum Gasteiger partial charge on any atom is 0.227 e. The zero-order valence-electron chi connectivity index (χ0n) is 11.2. The highest BCUT2D eigenvalue weighted by Crippen LogP contribution is 2.21. The highest BCUT2D eigenvalue weighted by Gasteiger charge is 2.18. The predicted octanol–water partition coefficient (Wildman–Crippen LogP) is 2.88. The fourth-order valence-corrected chi connectivity index (χ4v) is 2.15. The van der Waals surface area contributed by atoms with E-state index in [4.69, 9.17) is 28.9 Å². The van der Waals surface area contributed by atoms with Gasteiger partial charge in [0.1, 0.15) is 11.0 Å². The Kier molecular flexibility index (Phi) is 5.52. The second-order valence-electron chi connectivity index (χ2n) is 5.62. The molecule has 1 amide bonds. The fraction of sp³-hybridized carbons (Fsp3) is 0.583. The Morgan fingerprint density at radius 2 is 2.05 bits per heavy atom. The van der Waals surface area contributed by atoms with Crippen LogP contribution in [0, 0.1) is 5.41 Å². The number of rotatable bonds is 4. The number of amides is 1. The molecule has 1 aromatic heterocycles. The molecule has 0 spiro atoms. The van der Waals surface area contributed by atoms with E-state index in [1.54, 1.807) is 0 Å². The average Bonchev–Trinajstić information content (AvgIpc) is 2.10. The van der Waals surface area contributed by atoms with Crippen molar-refractivity contribution in [3.8, 4) is 0 Å². The Morgan fingerprint density at radius 3 is 2.58 bits per heavy atom. The molecule has 0 saturated heterocycles. The molecule has 1 heterocycles. The minimum absolute atomic E-state index is 0.0122. The second-order valence-corrected chi connectivity index (χ2v) is 6.35. The third kappa shape index (κ3) is 6.71. The lowest BCUT2D eigenvalue weighted by Gasteiger charge is -2.22. The summed E-state index contributed by atoms with van der Waals surface area (Å²) in [6.07, 6.45) is 0.974. The smallest absolute Gasteiger partial charge is 0.227 e. The molecule has 1 rings (SSSR count). The Labute approximate surface area is 122 Å². The number of nitrogens with one attached hydrogen (secondary N) is 1. The molecule has 0 fully saturated rings. The number of carbonyl (C=O) groups excluding carboxylic acids is 1. The highest BCUT2D eigenvalue weighted by molar-refractivity contribution is 6.32. The van der Waals surface area contributed by atoms with E-state index < -0.39 is 0 Å². The molecule has 1 aromatic rings. The molecule has 5 nitrogen and oxygen atoms in total. The molecule has 0 radical (unpaired) electrons. The van der Waals surface area contributed by atoms with Gasteiger partial charge in [0.05, 0.1) is 0 Å². The van der Waals surface area contributed by atoms with Gasteiger partial charge in [0.15, 0.2) is 0 Å². The normalized spacial score (nSPS) is 13.2. The fourth-order valence-electron chi connectivity index (χ4n) is 1.74. The van der Waals surface area contributed by atoms with Crippen LogP contribution in [0.2, 0.25) is 10.4 Å². The summed E-state index contributed by atoms with van der Waals surface area (Å²) in [5.74, 6) is 0.0561. The van der Waals surface area contributed by atoms with E-state index in [0.29, 0.717) is 0 Å². The van der Waals surface area contributed by atoms with Crippen molar-refractivity contribution in [2.75, 3.05) is 5.32 Å². The van der Waals surface area contributed by atoms with Crippen LogP contribution < -0.4 is 11.1 Å². The Hall–Kier alpha value is -0.910. The molecule has 0 saturated carbocycles. The van der Waals surface area contributed by atoms with Crippen LogP contribution in [0.15, 0.2) is 6.07 Å². The molecule has 106 valence electrons. The van der Waals surface area contributed by atoms with Gasteiger partial charge in [-0.1, -0.05) is 32.4 Å². The standard InChI is InChI=1S/C12H18Cl2N4O/c1-12(2,3)6-7(15)4-10(19)17-9-5-8(13)16-11(14)18-9/h5,7H,4,6,15H2,1-3H3,(H,16,17,18,19). The van der Waals surface area contributed by atoms with Gasteiger partial charge < -0.3 is 11.1 Å². The maximum atomic E-state index is 11.8.